The first-order valence-electron chi connectivity index (χ1n) is 9.10. The summed E-state index contributed by atoms with van der Waals surface area (Å²) in [5.41, 5.74) is 2.06. The Morgan fingerprint density at radius 1 is 1.17 bits per heavy atom. The molecule has 0 aliphatic rings. The van der Waals surface area contributed by atoms with E-state index in [0.717, 1.165) is 43.2 Å². The minimum absolute atomic E-state index is 0.0856. The molecule has 0 spiro atoms. The van der Waals surface area contributed by atoms with Crippen LogP contribution in [-0.4, -0.2) is 29.2 Å². The van der Waals surface area contributed by atoms with Gasteiger partial charge in [-0.15, -0.1) is 0 Å². The standard InChI is InChI=1S/C20H32O4/c1-4-6-7-9-18-15(11-13-19(23)20(18)24-3)10-12-17(22)14-16(21)8-5-2/h11,13,16,21,23H,4-10,12,14H2,1-3H3. The van der Waals surface area contributed by atoms with Crippen LogP contribution in [0.1, 0.15) is 69.9 Å². The number of hydrogen-bond acceptors (Lipinski definition) is 4. The van der Waals surface area contributed by atoms with Gasteiger partial charge in [-0.05, 0) is 37.3 Å². The predicted octanol–water partition coefficient (Wildman–Crippen LogP) is 4.19. The van der Waals surface area contributed by atoms with Gasteiger partial charge in [0, 0.05) is 18.4 Å². The van der Waals surface area contributed by atoms with Gasteiger partial charge in [-0.3, -0.25) is 4.79 Å². The van der Waals surface area contributed by atoms with E-state index in [4.69, 9.17) is 4.74 Å². The number of carbonyl (C=O) groups is 1. The maximum Gasteiger partial charge on any atom is 0.163 e. The number of ketones is 1. The van der Waals surface area contributed by atoms with E-state index in [1.54, 1.807) is 13.2 Å². The number of phenols is 1. The van der Waals surface area contributed by atoms with Crippen molar-refractivity contribution in [1.29, 1.82) is 0 Å². The molecular formula is C20H32O4. The molecule has 0 aliphatic carbocycles. The molecule has 0 saturated heterocycles. The lowest BCUT2D eigenvalue weighted by Crippen LogP contribution is -2.14. The Morgan fingerprint density at radius 3 is 2.54 bits per heavy atom. The number of benzene rings is 1. The maximum absolute atomic E-state index is 12.1. The van der Waals surface area contributed by atoms with Crippen LogP contribution in [0.3, 0.4) is 0 Å². The molecule has 1 aromatic rings. The number of aromatic hydroxyl groups is 1. The van der Waals surface area contributed by atoms with Gasteiger partial charge >= 0.3 is 0 Å². The Morgan fingerprint density at radius 2 is 1.92 bits per heavy atom. The highest BCUT2D eigenvalue weighted by Crippen LogP contribution is 2.34. The maximum atomic E-state index is 12.1. The number of carbonyl (C=O) groups excluding carboxylic acids is 1. The number of aryl methyl sites for hydroxylation is 1. The second-order valence-electron chi connectivity index (χ2n) is 6.40. The summed E-state index contributed by atoms with van der Waals surface area (Å²) >= 11 is 0. The lowest BCUT2D eigenvalue weighted by molar-refractivity contribution is -0.121. The number of aliphatic hydroxyl groups excluding tert-OH is 1. The van der Waals surface area contributed by atoms with Gasteiger partial charge in [0.05, 0.1) is 13.2 Å². The Bertz CT molecular complexity index is 511. The number of aliphatic hydroxyl groups is 1. The van der Waals surface area contributed by atoms with Crippen molar-refractivity contribution >= 4 is 5.78 Å². The van der Waals surface area contributed by atoms with E-state index < -0.39 is 6.10 Å². The third-order valence-electron chi connectivity index (χ3n) is 4.33. The average Bonchev–Trinajstić information content (AvgIpc) is 2.54. The molecule has 0 fully saturated rings. The molecule has 0 amide bonds. The summed E-state index contributed by atoms with van der Waals surface area (Å²) in [5.74, 6) is 0.766. The molecule has 0 heterocycles. The average molecular weight is 336 g/mol. The molecule has 0 saturated carbocycles. The van der Waals surface area contributed by atoms with Crippen molar-refractivity contribution in [3.05, 3.63) is 23.3 Å². The number of ether oxygens (including phenoxy) is 1. The Labute approximate surface area is 145 Å². The quantitative estimate of drug-likeness (QED) is 0.562. The first-order valence-corrected chi connectivity index (χ1v) is 9.10. The van der Waals surface area contributed by atoms with E-state index in [9.17, 15) is 15.0 Å². The van der Waals surface area contributed by atoms with Crippen LogP contribution >= 0.6 is 0 Å². The summed E-state index contributed by atoms with van der Waals surface area (Å²) in [6.07, 6.45) is 6.41. The van der Waals surface area contributed by atoms with Gasteiger partial charge in [0.25, 0.3) is 0 Å². The summed E-state index contributed by atoms with van der Waals surface area (Å²) in [4.78, 5) is 12.1. The van der Waals surface area contributed by atoms with Crippen molar-refractivity contribution in [2.75, 3.05) is 7.11 Å². The molecule has 1 aromatic carbocycles. The monoisotopic (exact) mass is 336 g/mol. The molecule has 24 heavy (non-hydrogen) atoms. The summed E-state index contributed by atoms with van der Waals surface area (Å²) in [5, 5.41) is 19.8. The first kappa shape index (κ1) is 20.5. The zero-order valence-corrected chi connectivity index (χ0v) is 15.3. The second kappa shape index (κ2) is 11.1. The fraction of sp³-hybridized carbons (Fsp3) is 0.650. The highest BCUT2D eigenvalue weighted by atomic mass is 16.5. The molecule has 0 aliphatic heterocycles. The van der Waals surface area contributed by atoms with Crippen LogP contribution in [0.25, 0.3) is 0 Å². The second-order valence-corrected chi connectivity index (χ2v) is 6.40. The highest BCUT2D eigenvalue weighted by molar-refractivity contribution is 5.79. The molecular weight excluding hydrogens is 304 g/mol. The van der Waals surface area contributed by atoms with Crippen LogP contribution in [0.4, 0.5) is 0 Å². The SMILES string of the molecule is CCCCCc1c(CCC(=O)CC(O)CCC)ccc(O)c1OC. The van der Waals surface area contributed by atoms with Gasteiger partial charge in [0.1, 0.15) is 5.78 Å². The lowest BCUT2D eigenvalue weighted by Gasteiger charge is -2.15. The van der Waals surface area contributed by atoms with Crippen molar-refractivity contribution in [3.8, 4) is 11.5 Å². The molecule has 0 radical (unpaired) electrons. The number of Topliss-reactive ketones (excluding diaryl/α,β-unsaturated/α-hetero) is 1. The minimum Gasteiger partial charge on any atom is -0.504 e. The van der Waals surface area contributed by atoms with E-state index in [1.807, 2.05) is 13.0 Å². The predicted molar refractivity (Wildman–Crippen MR) is 96.7 cm³/mol. The van der Waals surface area contributed by atoms with Gasteiger partial charge in [-0.1, -0.05) is 39.2 Å². The number of unbranched alkanes of at least 4 members (excludes halogenated alkanes) is 2. The third-order valence-corrected chi connectivity index (χ3v) is 4.33. The smallest absolute Gasteiger partial charge is 0.163 e. The molecule has 136 valence electrons. The fourth-order valence-electron chi connectivity index (χ4n) is 3.02. The molecule has 4 heteroatoms. The molecule has 1 rings (SSSR count). The van der Waals surface area contributed by atoms with Crippen LogP contribution in [0, 0.1) is 0 Å². The normalized spacial score (nSPS) is 12.2. The van der Waals surface area contributed by atoms with Gasteiger partial charge in [-0.2, -0.15) is 0 Å². The van der Waals surface area contributed by atoms with Crippen LogP contribution < -0.4 is 4.74 Å². The highest BCUT2D eigenvalue weighted by Gasteiger charge is 2.16. The van der Waals surface area contributed by atoms with Gasteiger partial charge < -0.3 is 14.9 Å². The number of methoxy groups -OCH3 is 1. The molecule has 1 atom stereocenters. The number of phenolic OH excluding ortho intramolecular Hbond substituents is 1. The Balaban J connectivity index is 2.77. The zero-order valence-electron chi connectivity index (χ0n) is 15.3. The van der Waals surface area contributed by atoms with Crippen molar-refractivity contribution in [1.82, 2.24) is 0 Å². The van der Waals surface area contributed by atoms with E-state index in [-0.39, 0.29) is 18.0 Å². The van der Waals surface area contributed by atoms with Crippen LogP contribution in [0.2, 0.25) is 0 Å². The first-order chi connectivity index (χ1) is 11.5. The van der Waals surface area contributed by atoms with Crippen LogP contribution in [0.5, 0.6) is 11.5 Å². The van der Waals surface area contributed by atoms with Crippen molar-refractivity contribution in [2.24, 2.45) is 0 Å². The Hall–Kier alpha value is -1.55. The minimum atomic E-state index is -0.527. The molecule has 4 nitrogen and oxygen atoms in total. The number of rotatable bonds is 12. The number of hydrogen-bond donors (Lipinski definition) is 2. The van der Waals surface area contributed by atoms with Gasteiger partial charge in [-0.25, -0.2) is 0 Å². The fourth-order valence-corrected chi connectivity index (χ4v) is 3.02. The van der Waals surface area contributed by atoms with Crippen LogP contribution in [-0.2, 0) is 17.6 Å². The van der Waals surface area contributed by atoms with Gasteiger partial charge in [0.15, 0.2) is 11.5 Å². The van der Waals surface area contributed by atoms with Crippen molar-refractivity contribution in [2.45, 2.75) is 77.7 Å². The van der Waals surface area contributed by atoms with Crippen molar-refractivity contribution in [3.63, 3.8) is 0 Å². The van der Waals surface area contributed by atoms with E-state index in [1.165, 1.54) is 0 Å². The van der Waals surface area contributed by atoms with Gasteiger partial charge in [0.2, 0.25) is 0 Å². The summed E-state index contributed by atoms with van der Waals surface area (Å²) in [7, 11) is 1.56. The Kier molecular flexibility index (Phi) is 9.46. The molecule has 1 unspecified atom stereocenters. The molecule has 0 aromatic heterocycles. The zero-order chi connectivity index (χ0) is 17.9. The topological polar surface area (TPSA) is 66.8 Å². The van der Waals surface area contributed by atoms with E-state index in [0.29, 0.717) is 25.0 Å². The van der Waals surface area contributed by atoms with E-state index in [2.05, 4.69) is 6.92 Å². The molecule has 2 N–H and O–H groups in total. The van der Waals surface area contributed by atoms with Crippen LogP contribution in [0.15, 0.2) is 12.1 Å². The summed E-state index contributed by atoms with van der Waals surface area (Å²) < 4.78 is 5.38. The third kappa shape index (κ3) is 6.52. The largest absolute Gasteiger partial charge is 0.504 e. The van der Waals surface area contributed by atoms with Crippen molar-refractivity contribution < 1.29 is 19.7 Å². The molecule has 0 bridgehead atoms. The lowest BCUT2D eigenvalue weighted by atomic mass is 9.94. The van der Waals surface area contributed by atoms with E-state index >= 15 is 0 Å². The summed E-state index contributed by atoms with van der Waals surface area (Å²) in [6.45, 7) is 4.15. The summed E-state index contributed by atoms with van der Waals surface area (Å²) in [6, 6.07) is 3.52.